The summed E-state index contributed by atoms with van der Waals surface area (Å²) in [6.07, 6.45) is 3.93. The van der Waals surface area contributed by atoms with Crippen molar-refractivity contribution in [1.29, 1.82) is 5.26 Å². The van der Waals surface area contributed by atoms with Crippen LogP contribution in [0.15, 0.2) is 54.2 Å². The van der Waals surface area contributed by atoms with E-state index in [-0.39, 0.29) is 11.5 Å². The zero-order valence-electron chi connectivity index (χ0n) is 16.7. The van der Waals surface area contributed by atoms with Crippen LogP contribution in [0.1, 0.15) is 30.5 Å². The molecule has 0 spiro atoms. The molecular weight excluding hydrogens is 350 g/mol. The van der Waals surface area contributed by atoms with Gasteiger partial charge in [-0.15, -0.1) is 0 Å². The number of nitrogens with zero attached hydrogens (tertiary/aromatic N) is 1. The lowest BCUT2D eigenvalue weighted by Gasteiger charge is -2.13. The Balaban J connectivity index is 1.98. The standard InChI is InChI=1S/C23H27N3O2/c1-4-18-7-6-8-19(5-2)22(18)26-16-20(15-24)23(27)25-14-13-17-9-11-21(28-3)12-10-17/h6-12,16,26H,4-5,13-14H2,1-3H3,(H,25,27)/b20-16-. The van der Waals surface area contributed by atoms with Gasteiger partial charge in [0.15, 0.2) is 0 Å². The van der Waals surface area contributed by atoms with E-state index in [1.54, 1.807) is 7.11 Å². The van der Waals surface area contributed by atoms with E-state index in [4.69, 9.17) is 4.74 Å². The number of carbonyl (C=O) groups is 1. The van der Waals surface area contributed by atoms with Gasteiger partial charge in [0.05, 0.1) is 7.11 Å². The van der Waals surface area contributed by atoms with Gasteiger partial charge in [-0.2, -0.15) is 5.26 Å². The minimum atomic E-state index is -0.379. The lowest BCUT2D eigenvalue weighted by atomic mass is 10.0. The molecule has 0 saturated carbocycles. The average Bonchev–Trinajstić information content (AvgIpc) is 2.74. The normalized spacial score (nSPS) is 10.9. The van der Waals surface area contributed by atoms with Crippen molar-refractivity contribution >= 4 is 11.6 Å². The number of nitrogens with one attached hydrogen (secondary N) is 2. The maximum absolute atomic E-state index is 12.3. The number of aryl methyl sites for hydroxylation is 2. The van der Waals surface area contributed by atoms with E-state index in [2.05, 4.69) is 36.6 Å². The fourth-order valence-corrected chi connectivity index (χ4v) is 2.93. The van der Waals surface area contributed by atoms with Crippen LogP contribution in [0.2, 0.25) is 0 Å². The van der Waals surface area contributed by atoms with Gasteiger partial charge in [-0.3, -0.25) is 4.79 Å². The van der Waals surface area contributed by atoms with Gasteiger partial charge in [0.2, 0.25) is 0 Å². The van der Waals surface area contributed by atoms with Crippen molar-refractivity contribution < 1.29 is 9.53 Å². The number of carbonyl (C=O) groups excluding carboxylic acids is 1. The lowest BCUT2D eigenvalue weighted by Crippen LogP contribution is -2.27. The van der Waals surface area contributed by atoms with Crippen LogP contribution >= 0.6 is 0 Å². The van der Waals surface area contributed by atoms with Crippen LogP contribution in [0.5, 0.6) is 5.75 Å². The van der Waals surface area contributed by atoms with Crippen LogP contribution in [0.4, 0.5) is 5.69 Å². The van der Waals surface area contributed by atoms with Crippen LogP contribution in [-0.4, -0.2) is 19.6 Å². The van der Waals surface area contributed by atoms with E-state index >= 15 is 0 Å². The maximum atomic E-state index is 12.3. The molecule has 0 fully saturated rings. The van der Waals surface area contributed by atoms with Crippen molar-refractivity contribution in [3.05, 3.63) is 70.9 Å². The largest absolute Gasteiger partial charge is 0.497 e. The van der Waals surface area contributed by atoms with Gasteiger partial charge in [0, 0.05) is 18.4 Å². The van der Waals surface area contributed by atoms with Gasteiger partial charge in [-0.1, -0.05) is 44.2 Å². The summed E-state index contributed by atoms with van der Waals surface area (Å²) < 4.78 is 5.13. The number of anilines is 1. The van der Waals surface area contributed by atoms with Crippen molar-refractivity contribution in [3.63, 3.8) is 0 Å². The molecule has 2 rings (SSSR count). The maximum Gasteiger partial charge on any atom is 0.263 e. The van der Waals surface area contributed by atoms with E-state index in [1.807, 2.05) is 36.4 Å². The smallest absolute Gasteiger partial charge is 0.263 e. The number of hydrogen-bond acceptors (Lipinski definition) is 4. The third-order valence-electron chi connectivity index (χ3n) is 4.58. The minimum absolute atomic E-state index is 0.0580. The van der Waals surface area contributed by atoms with Crippen molar-refractivity contribution in [2.45, 2.75) is 33.1 Å². The summed E-state index contributed by atoms with van der Waals surface area (Å²) in [5, 5.41) is 15.3. The summed E-state index contributed by atoms with van der Waals surface area (Å²) in [6, 6.07) is 15.8. The second-order valence-electron chi connectivity index (χ2n) is 6.33. The Morgan fingerprint density at radius 3 is 2.29 bits per heavy atom. The molecule has 0 aromatic heterocycles. The molecule has 5 nitrogen and oxygen atoms in total. The molecule has 1 amide bonds. The lowest BCUT2D eigenvalue weighted by molar-refractivity contribution is -0.117. The molecule has 0 aliphatic carbocycles. The monoisotopic (exact) mass is 377 g/mol. The fraction of sp³-hybridized carbons (Fsp3) is 0.304. The van der Waals surface area contributed by atoms with Crippen LogP contribution < -0.4 is 15.4 Å². The van der Waals surface area contributed by atoms with Crippen molar-refractivity contribution in [2.24, 2.45) is 0 Å². The summed E-state index contributed by atoms with van der Waals surface area (Å²) in [5.41, 5.74) is 4.45. The molecule has 2 aromatic rings. The molecule has 0 unspecified atom stereocenters. The molecule has 28 heavy (non-hydrogen) atoms. The van der Waals surface area contributed by atoms with Gasteiger partial charge < -0.3 is 15.4 Å². The highest BCUT2D eigenvalue weighted by Gasteiger charge is 2.10. The van der Waals surface area contributed by atoms with Gasteiger partial charge >= 0.3 is 0 Å². The van der Waals surface area contributed by atoms with E-state index in [0.717, 1.165) is 41.0 Å². The van der Waals surface area contributed by atoms with Gasteiger partial charge in [0.1, 0.15) is 17.4 Å². The fourth-order valence-electron chi connectivity index (χ4n) is 2.93. The zero-order chi connectivity index (χ0) is 20.4. The Morgan fingerprint density at radius 1 is 1.11 bits per heavy atom. The number of ether oxygens (including phenoxy) is 1. The van der Waals surface area contributed by atoms with E-state index in [0.29, 0.717) is 13.0 Å². The van der Waals surface area contributed by atoms with Crippen LogP contribution in [0.3, 0.4) is 0 Å². The molecule has 0 saturated heterocycles. The topological polar surface area (TPSA) is 74.2 Å². The Labute approximate surface area is 167 Å². The molecule has 0 radical (unpaired) electrons. The second-order valence-corrected chi connectivity index (χ2v) is 6.33. The first kappa shape index (κ1) is 21.0. The third kappa shape index (κ3) is 5.62. The molecule has 5 heteroatoms. The highest BCUT2D eigenvalue weighted by molar-refractivity contribution is 5.97. The van der Waals surface area contributed by atoms with Crippen molar-refractivity contribution in [3.8, 4) is 11.8 Å². The molecule has 0 heterocycles. The number of rotatable bonds is 9. The quantitative estimate of drug-likeness (QED) is 0.512. The zero-order valence-corrected chi connectivity index (χ0v) is 16.7. The number of nitriles is 1. The van der Waals surface area contributed by atoms with Crippen LogP contribution in [0, 0.1) is 11.3 Å². The van der Waals surface area contributed by atoms with Crippen molar-refractivity contribution in [2.75, 3.05) is 19.0 Å². The summed E-state index contributed by atoms with van der Waals surface area (Å²) in [6.45, 7) is 4.62. The first-order valence-corrected chi connectivity index (χ1v) is 9.51. The molecule has 2 aromatic carbocycles. The van der Waals surface area contributed by atoms with Crippen molar-refractivity contribution in [1.82, 2.24) is 5.32 Å². The number of para-hydroxylation sites is 1. The highest BCUT2D eigenvalue weighted by Crippen LogP contribution is 2.22. The SMILES string of the molecule is CCc1cccc(CC)c1N/C=C(/C#N)C(=O)NCCc1ccc(OC)cc1. The van der Waals surface area contributed by atoms with Gasteiger partial charge in [-0.25, -0.2) is 0 Å². The second kappa shape index (κ2) is 10.8. The Hall–Kier alpha value is -3.26. The van der Waals surface area contributed by atoms with E-state index < -0.39 is 0 Å². The molecule has 0 aliphatic rings. The Kier molecular flexibility index (Phi) is 8.11. The predicted molar refractivity (Wildman–Crippen MR) is 112 cm³/mol. The number of hydrogen-bond donors (Lipinski definition) is 2. The predicted octanol–water partition coefficient (Wildman–Crippen LogP) is 4.00. The molecule has 0 aliphatic heterocycles. The molecular formula is C23H27N3O2. The summed E-state index contributed by atoms with van der Waals surface area (Å²) >= 11 is 0. The summed E-state index contributed by atoms with van der Waals surface area (Å²) in [7, 11) is 1.63. The first-order chi connectivity index (χ1) is 13.6. The molecule has 0 bridgehead atoms. The highest BCUT2D eigenvalue weighted by atomic mass is 16.5. The average molecular weight is 377 g/mol. The summed E-state index contributed by atoms with van der Waals surface area (Å²) in [4.78, 5) is 12.3. The number of amides is 1. The minimum Gasteiger partial charge on any atom is -0.497 e. The van der Waals surface area contributed by atoms with E-state index in [9.17, 15) is 10.1 Å². The molecule has 2 N–H and O–H groups in total. The molecule has 146 valence electrons. The van der Waals surface area contributed by atoms with Crippen LogP contribution in [-0.2, 0) is 24.1 Å². The number of methoxy groups -OCH3 is 1. The third-order valence-corrected chi connectivity index (χ3v) is 4.58. The molecule has 0 atom stereocenters. The first-order valence-electron chi connectivity index (χ1n) is 9.51. The van der Waals surface area contributed by atoms with Gasteiger partial charge in [-0.05, 0) is 48.1 Å². The van der Waals surface area contributed by atoms with Crippen LogP contribution in [0.25, 0.3) is 0 Å². The van der Waals surface area contributed by atoms with E-state index in [1.165, 1.54) is 6.20 Å². The Morgan fingerprint density at radius 2 is 1.75 bits per heavy atom. The van der Waals surface area contributed by atoms with Gasteiger partial charge in [0.25, 0.3) is 5.91 Å². The number of benzene rings is 2. The Bertz CT molecular complexity index is 842. The summed E-state index contributed by atoms with van der Waals surface area (Å²) in [5.74, 6) is 0.419.